The normalized spacial score (nSPS) is 14.6. The molecular weight excluding hydrogens is 232 g/mol. The van der Waals surface area contributed by atoms with Crippen molar-refractivity contribution in [2.75, 3.05) is 27.2 Å². The van der Waals surface area contributed by atoms with Gasteiger partial charge in [0.25, 0.3) is 5.91 Å². The number of amides is 1. The maximum atomic E-state index is 11.9. The zero-order chi connectivity index (χ0) is 13.9. The molecule has 1 amide bonds. The SMILES string of the molecule is Cc1cc(C(=O)NCC(C)(O)CN(C)C)c(C)o1. The lowest BCUT2D eigenvalue weighted by Crippen LogP contribution is -2.47. The minimum atomic E-state index is -0.953. The third-order valence-electron chi connectivity index (χ3n) is 2.57. The molecule has 0 saturated carbocycles. The summed E-state index contributed by atoms with van der Waals surface area (Å²) in [7, 11) is 3.75. The van der Waals surface area contributed by atoms with E-state index in [0.717, 1.165) is 0 Å². The van der Waals surface area contributed by atoms with Crippen LogP contribution in [0.3, 0.4) is 0 Å². The molecule has 0 fully saturated rings. The molecule has 1 heterocycles. The Bertz CT molecular complexity index is 422. The first kappa shape index (κ1) is 14.7. The lowest BCUT2D eigenvalue weighted by molar-refractivity contribution is 0.0325. The van der Waals surface area contributed by atoms with Crippen LogP contribution in [0.5, 0.6) is 0 Å². The van der Waals surface area contributed by atoms with E-state index in [0.29, 0.717) is 23.6 Å². The van der Waals surface area contributed by atoms with E-state index in [1.807, 2.05) is 19.0 Å². The Hall–Kier alpha value is -1.33. The van der Waals surface area contributed by atoms with Gasteiger partial charge in [-0.05, 0) is 40.9 Å². The first-order chi connectivity index (χ1) is 8.21. The summed E-state index contributed by atoms with van der Waals surface area (Å²) in [6.45, 7) is 5.93. The number of furan rings is 1. The summed E-state index contributed by atoms with van der Waals surface area (Å²) < 4.78 is 5.30. The van der Waals surface area contributed by atoms with E-state index in [1.165, 1.54) is 0 Å². The van der Waals surface area contributed by atoms with Gasteiger partial charge in [0.15, 0.2) is 0 Å². The maximum absolute atomic E-state index is 11.9. The molecule has 102 valence electrons. The number of hydrogen-bond donors (Lipinski definition) is 2. The molecule has 1 aromatic heterocycles. The van der Waals surface area contributed by atoms with Crippen molar-refractivity contribution < 1.29 is 14.3 Å². The second kappa shape index (κ2) is 5.54. The van der Waals surface area contributed by atoms with Gasteiger partial charge in [-0.3, -0.25) is 4.79 Å². The summed E-state index contributed by atoms with van der Waals surface area (Å²) >= 11 is 0. The van der Waals surface area contributed by atoms with E-state index in [4.69, 9.17) is 4.42 Å². The molecule has 2 N–H and O–H groups in total. The zero-order valence-electron chi connectivity index (χ0n) is 11.7. The van der Waals surface area contributed by atoms with Crippen LogP contribution in [0.25, 0.3) is 0 Å². The van der Waals surface area contributed by atoms with Crippen LogP contribution in [-0.4, -0.2) is 48.7 Å². The standard InChI is InChI=1S/C13H22N2O3/c1-9-6-11(10(2)18-9)12(16)14-7-13(3,17)8-15(4)5/h6,17H,7-8H2,1-5H3,(H,14,16). The molecule has 0 aliphatic rings. The highest BCUT2D eigenvalue weighted by Gasteiger charge is 2.23. The van der Waals surface area contributed by atoms with Crippen molar-refractivity contribution in [3.63, 3.8) is 0 Å². The minimum absolute atomic E-state index is 0.202. The van der Waals surface area contributed by atoms with Gasteiger partial charge in [0, 0.05) is 13.1 Å². The molecule has 0 aliphatic carbocycles. The van der Waals surface area contributed by atoms with Gasteiger partial charge in [0.2, 0.25) is 0 Å². The van der Waals surface area contributed by atoms with E-state index in [1.54, 1.807) is 26.8 Å². The predicted octanol–water partition coefficient (Wildman–Crippen LogP) is 0.939. The van der Waals surface area contributed by atoms with Crippen LogP contribution < -0.4 is 5.32 Å². The van der Waals surface area contributed by atoms with Gasteiger partial charge in [0.05, 0.1) is 11.2 Å². The van der Waals surface area contributed by atoms with Crippen molar-refractivity contribution in [2.24, 2.45) is 0 Å². The first-order valence-corrected chi connectivity index (χ1v) is 5.93. The monoisotopic (exact) mass is 254 g/mol. The van der Waals surface area contributed by atoms with Crippen molar-refractivity contribution in [3.05, 3.63) is 23.2 Å². The van der Waals surface area contributed by atoms with Crippen LogP contribution >= 0.6 is 0 Å². The maximum Gasteiger partial charge on any atom is 0.254 e. The van der Waals surface area contributed by atoms with Gasteiger partial charge in [-0.1, -0.05) is 0 Å². The Balaban J connectivity index is 2.59. The second-order valence-corrected chi connectivity index (χ2v) is 5.24. The second-order valence-electron chi connectivity index (χ2n) is 5.24. The highest BCUT2D eigenvalue weighted by atomic mass is 16.3. The van der Waals surface area contributed by atoms with Crippen LogP contribution in [0.2, 0.25) is 0 Å². The molecular formula is C13H22N2O3. The molecule has 1 atom stereocenters. The molecule has 0 spiro atoms. The zero-order valence-corrected chi connectivity index (χ0v) is 11.7. The van der Waals surface area contributed by atoms with Crippen molar-refractivity contribution in [1.29, 1.82) is 0 Å². The fourth-order valence-electron chi connectivity index (χ4n) is 1.96. The van der Waals surface area contributed by atoms with E-state index in [2.05, 4.69) is 5.32 Å². The largest absolute Gasteiger partial charge is 0.466 e. The van der Waals surface area contributed by atoms with Crippen molar-refractivity contribution >= 4 is 5.91 Å². The van der Waals surface area contributed by atoms with Gasteiger partial charge in [-0.15, -0.1) is 0 Å². The molecule has 5 nitrogen and oxygen atoms in total. The lowest BCUT2D eigenvalue weighted by Gasteiger charge is -2.27. The first-order valence-electron chi connectivity index (χ1n) is 5.93. The van der Waals surface area contributed by atoms with Crippen LogP contribution in [0.4, 0.5) is 0 Å². The molecule has 0 aliphatic heterocycles. The number of hydrogen-bond acceptors (Lipinski definition) is 4. The molecule has 1 rings (SSSR count). The van der Waals surface area contributed by atoms with Gasteiger partial charge < -0.3 is 19.7 Å². The summed E-state index contributed by atoms with van der Waals surface area (Å²) in [6.07, 6.45) is 0. The topological polar surface area (TPSA) is 65.7 Å². The molecule has 1 aromatic rings. The summed E-state index contributed by atoms with van der Waals surface area (Å²) in [6, 6.07) is 1.70. The van der Waals surface area contributed by atoms with Gasteiger partial charge in [0.1, 0.15) is 11.5 Å². The van der Waals surface area contributed by atoms with Gasteiger partial charge in [-0.2, -0.15) is 0 Å². The summed E-state index contributed by atoms with van der Waals surface area (Å²) in [4.78, 5) is 13.8. The predicted molar refractivity (Wildman–Crippen MR) is 69.7 cm³/mol. The van der Waals surface area contributed by atoms with Crippen molar-refractivity contribution in [2.45, 2.75) is 26.4 Å². The number of carbonyl (C=O) groups is 1. The number of carbonyl (C=O) groups excluding carboxylic acids is 1. The number of aryl methyl sites for hydroxylation is 2. The van der Waals surface area contributed by atoms with Crippen LogP contribution in [-0.2, 0) is 0 Å². The summed E-state index contributed by atoms with van der Waals surface area (Å²) in [5.74, 6) is 1.08. The number of nitrogens with one attached hydrogen (secondary N) is 1. The quantitative estimate of drug-likeness (QED) is 0.820. The summed E-state index contributed by atoms with van der Waals surface area (Å²) in [5, 5.41) is 12.8. The summed E-state index contributed by atoms with van der Waals surface area (Å²) in [5.41, 5.74) is -0.431. The van der Waals surface area contributed by atoms with Crippen molar-refractivity contribution in [3.8, 4) is 0 Å². The fraction of sp³-hybridized carbons (Fsp3) is 0.615. The molecule has 0 bridgehead atoms. The highest BCUT2D eigenvalue weighted by Crippen LogP contribution is 2.13. The fourth-order valence-corrected chi connectivity index (χ4v) is 1.96. The smallest absolute Gasteiger partial charge is 0.254 e. The number of likely N-dealkylation sites (N-methyl/N-ethyl adjacent to an activating group) is 1. The Morgan fingerprint density at radius 3 is 2.56 bits per heavy atom. The molecule has 1 unspecified atom stereocenters. The average molecular weight is 254 g/mol. The van der Waals surface area contributed by atoms with E-state index >= 15 is 0 Å². The molecule has 0 saturated heterocycles. The van der Waals surface area contributed by atoms with Gasteiger partial charge >= 0.3 is 0 Å². The third kappa shape index (κ3) is 4.16. The van der Waals surface area contributed by atoms with Crippen molar-refractivity contribution in [1.82, 2.24) is 10.2 Å². The Morgan fingerprint density at radius 2 is 2.11 bits per heavy atom. The van der Waals surface area contributed by atoms with E-state index < -0.39 is 5.60 Å². The highest BCUT2D eigenvalue weighted by molar-refractivity contribution is 5.95. The van der Waals surface area contributed by atoms with Gasteiger partial charge in [-0.25, -0.2) is 0 Å². The Morgan fingerprint density at radius 1 is 1.50 bits per heavy atom. The molecule has 18 heavy (non-hydrogen) atoms. The number of nitrogens with zero attached hydrogens (tertiary/aromatic N) is 1. The Kier molecular flexibility index (Phi) is 4.53. The van der Waals surface area contributed by atoms with Crippen LogP contribution in [0, 0.1) is 13.8 Å². The average Bonchev–Trinajstić information content (AvgIpc) is 2.52. The van der Waals surface area contributed by atoms with Crippen LogP contribution in [0.15, 0.2) is 10.5 Å². The number of aliphatic hydroxyl groups is 1. The molecule has 0 radical (unpaired) electrons. The Labute approximate surface area is 108 Å². The van der Waals surface area contributed by atoms with Crippen LogP contribution in [0.1, 0.15) is 28.8 Å². The van der Waals surface area contributed by atoms with E-state index in [9.17, 15) is 9.90 Å². The lowest BCUT2D eigenvalue weighted by atomic mass is 10.1. The number of rotatable bonds is 5. The van der Waals surface area contributed by atoms with E-state index in [-0.39, 0.29) is 12.5 Å². The third-order valence-corrected chi connectivity index (χ3v) is 2.57. The molecule has 5 heteroatoms. The molecule has 0 aromatic carbocycles. The minimum Gasteiger partial charge on any atom is -0.466 e.